The van der Waals surface area contributed by atoms with Crippen molar-refractivity contribution in [2.45, 2.75) is 45.4 Å². The molecule has 0 saturated heterocycles. The first kappa shape index (κ1) is 13.9. The molecule has 0 fully saturated rings. The average Bonchev–Trinajstić information content (AvgIpc) is 2.46. The summed E-state index contributed by atoms with van der Waals surface area (Å²) in [6, 6.07) is 10.4. The Morgan fingerprint density at radius 2 is 1.63 bits per heavy atom. The second kappa shape index (κ2) is 7.78. The SMILES string of the molecule is CCCCCCCCO[n+]1ccc2ccccc2c1. The number of hydrogen-bond acceptors (Lipinski definition) is 1. The molecule has 1 aromatic heterocycles. The fourth-order valence-corrected chi connectivity index (χ4v) is 2.25. The molecule has 0 amide bonds. The van der Waals surface area contributed by atoms with Crippen molar-refractivity contribution < 1.29 is 9.57 Å². The third-order valence-corrected chi connectivity index (χ3v) is 3.40. The van der Waals surface area contributed by atoms with Gasteiger partial charge < -0.3 is 0 Å². The number of hydrogen-bond donors (Lipinski definition) is 0. The molecule has 2 nitrogen and oxygen atoms in total. The first-order valence-electron chi connectivity index (χ1n) is 7.43. The van der Waals surface area contributed by atoms with Crippen molar-refractivity contribution in [1.29, 1.82) is 0 Å². The lowest BCUT2D eigenvalue weighted by molar-refractivity contribution is -0.890. The van der Waals surface area contributed by atoms with Crippen LogP contribution < -0.4 is 9.57 Å². The number of nitrogens with zero attached hydrogens (tertiary/aromatic N) is 1. The van der Waals surface area contributed by atoms with Gasteiger partial charge in [-0.3, -0.25) is 4.84 Å². The average molecular weight is 258 g/mol. The van der Waals surface area contributed by atoms with E-state index in [9.17, 15) is 0 Å². The molecule has 1 aromatic carbocycles. The van der Waals surface area contributed by atoms with Crippen molar-refractivity contribution in [2.24, 2.45) is 0 Å². The lowest BCUT2D eigenvalue weighted by Gasteiger charge is -2.01. The highest BCUT2D eigenvalue weighted by Gasteiger charge is 2.03. The van der Waals surface area contributed by atoms with Crippen LogP contribution in [0, 0.1) is 0 Å². The largest absolute Gasteiger partial charge is 0.271 e. The molecule has 0 aliphatic heterocycles. The van der Waals surface area contributed by atoms with Crippen LogP contribution in [0.2, 0.25) is 0 Å². The highest BCUT2D eigenvalue weighted by molar-refractivity contribution is 5.80. The molecule has 0 atom stereocenters. The number of fused-ring (bicyclic) bond motifs is 1. The Kier molecular flexibility index (Phi) is 5.67. The van der Waals surface area contributed by atoms with Crippen LogP contribution in [-0.2, 0) is 0 Å². The molecule has 0 saturated carbocycles. The third kappa shape index (κ3) is 4.55. The smallest absolute Gasteiger partial charge is 0.230 e. The Hall–Kier alpha value is -1.57. The van der Waals surface area contributed by atoms with Gasteiger partial charge in [-0.1, -0.05) is 50.8 Å². The zero-order valence-corrected chi connectivity index (χ0v) is 11.8. The second-order valence-electron chi connectivity index (χ2n) is 5.03. The van der Waals surface area contributed by atoms with Gasteiger partial charge in [0.25, 0.3) is 0 Å². The monoisotopic (exact) mass is 258 g/mol. The summed E-state index contributed by atoms with van der Waals surface area (Å²) in [6.45, 7) is 3.05. The molecule has 0 bridgehead atoms. The normalized spacial score (nSPS) is 10.8. The molecule has 102 valence electrons. The van der Waals surface area contributed by atoms with Crippen molar-refractivity contribution >= 4 is 10.8 Å². The van der Waals surface area contributed by atoms with Crippen LogP contribution in [0.15, 0.2) is 42.7 Å². The fraction of sp³-hybridized carbons (Fsp3) is 0.471. The summed E-state index contributed by atoms with van der Waals surface area (Å²) in [5.41, 5.74) is 0. The van der Waals surface area contributed by atoms with Gasteiger partial charge in [-0.15, -0.1) is 0 Å². The van der Waals surface area contributed by atoms with Crippen molar-refractivity contribution in [3.8, 4) is 0 Å². The second-order valence-corrected chi connectivity index (χ2v) is 5.03. The molecule has 0 unspecified atom stereocenters. The minimum absolute atomic E-state index is 0.801. The first-order valence-corrected chi connectivity index (χ1v) is 7.43. The molecular formula is C17H24NO+. The topological polar surface area (TPSA) is 13.1 Å². The van der Waals surface area contributed by atoms with Gasteiger partial charge in [0.05, 0.1) is 5.39 Å². The van der Waals surface area contributed by atoms with E-state index in [4.69, 9.17) is 4.84 Å². The van der Waals surface area contributed by atoms with Gasteiger partial charge in [0.2, 0.25) is 12.4 Å². The Labute approximate surface area is 116 Å². The van der Waals surface area contributed by atoms with Crippen LogP contribution in [0.1, 0.15) is 45.4 Å². The van der Waals surface area contributed by atoms with E-state index in [0.717, 1.165) is 13.0 Å². The summed E-state index contributed by atoms with van der Waals surface area (Å²) in [7, 11) is 0. The lowest BCUT2D eigenvalue weighted by Crippen LogP contribution is -2.42. The lowest BCUT2D eigenvalue weighted by atomic mass is 10.1. The summed E-state index contributed by atoms with van der Waals surface area (Å²) >= 11 is 0. The Morgan fingerprint density at radius 3 is 2.47 bits per heavy atom. The summed E-state index contributed by atoms with van der Waals surface area (Å²) in [5.74, 6) is 0. The van der Waals surface area contributed by atoms with E-state index >= 15 is 0 Å². The summed E-state index contributed by atoms with van der Waals surface area (Å²) < 4.78 is 1.83. The molecular weight excluding hydrogens is 234 g/mol. The molecule has 2 heteroatoms. The van der Waals surface area contributed by atoms with Gasteiger partial charge in [-0.2, -0.15) is 0 Å². The minimum Gasteiger partial charge on any atom is -0.271 e. The van der Waals surface area contributed by atoms with Gasteiger partial charge in [0, 0.05) is 10.8 Å². The number of benzene rings is 1. The van der Waals surface area contributed by atoms with Gasteiger partial charge >= 0.3 is 0 Å². The zero-order chi connectivity index (χ0) is 13.3. The van der Waals surface area contributed by atoms with E-state index in [-0.39, 0.29) is 0 Å². The predicted octanol–water partition coefficient (Wildman–Crippen LogP) is 3.92. The van der Waals surface area contributed by atoms with Crippen molar-refractivity contribution in [2.75, 3.05) is 6.61 Å². The van der Waals surface area contributed by atoms with Crippen LogP contribution in [0.25, 0.3) is 10.8 Å². The molecule has 1 heterocycles. The minimum atomic E-state index is 0.801. The molecule has 0 aliphatic rings. The van der Waals surface area contributed by atoms with Crippen LogP contribution in [0.3, 0.4) is 0 Å². The van der Waals surface area contributed by atoms with E-state index < -0.39 is 0 Å². The molecule has 0 spiro atoms. The highest BCUT2D eigenvalue weighted by Crippen LogP contribution is 2.09. The van der Waals surface area contributed by atoms with Crippen LogP contribution in [0.5, 0.6) is 0 Å². The molecule has 0 N–H and O–H groups in total. The maximum absolute atomic E-state index is 5.74. The molecule has 2 aromatic rings. The summed E-state index contributed by atoms with van der Waals surface area (Å²) in [6.07, 6.45) is 11.8. The Balaban J connectivity index is 1.72. The maximum atomic E-state index is 5.74. The first-order chi connectivity index (χ1) is 9.40. The van der Waals surface area contributed by atoms with Gasteiger partial charge in [-0.05, 0) is 24.3 Å². The fourth-order valence-electron chi connectivity index (χ4n) is 2.25. The van der Waals surface area contributed by atoms with E-state index in [0.29, 0.717) is 0 Å². The van der Waals surface area contributed by atoms with E-state index in [1.807, 2.05) is 17.1 Å². The predicted molar refractivity (Wildman–Crippen MR) is 79.0 cm³/mol. The highest BCUT2D eigenvalue weighted by atomic mass is 16.7. The number of unbranched alkanes of at least 4 members (excludes halogenated alkanes) is 5. The molecule has 19 heavy (non-hydrogen) atoms. The van der Waals surface area contributed by atoms with Gasteiger partial charge in [-0.25, -0.2) is 0 Å². The molecule has 0 aliphatic carbocycles. The number of aromatic nitrogens is 1. The van der Waals surface area contributed by atoms with Crippen molar-refractivity contribution in [3.05, 3.63) is 42.7 Å². The van der Waals surface area contributed by atoms with E-state index in [1.165, 1.54) is 42.9 Å². The molecule has 2 rings (SSSR count). The van der Waals surface area contributed by atoms with Crippen molar-refractivity contribution in [1.82, 2.24) is 0 Å². The van der Waals surface area contributed by atoms with Gasteiger partial charge in [0.15, 0.2) is 6.61 Å². The number of rotatable bonds is 8. The summed E-state index contributed by atoms with van der Waals surface area (Å²) in [4.78, 5) is 5.74. The molecule has 0 radical (unpaired) electrons. The maximum Gasteiger partial charge on any atom is 0.230 e. The van der Waals surface area contributed by atoms with Gasteiger partial charge in [0.1, 0.15) is 0 Å². The van der Waals surface area contributed by atoms with Crippen LogP contribution in [-0.4, -0.2) is 6.61 Å². The Morgan fingerprint density at radius 1 is 0.895 bits per heavy atom. The van der Waals surface area contributed by atoms with E-state index in [2.05, 4.69) is 37.3 Å². The van der Waals surface area contributed by atoms with E-state index in [1.54, 1.807) is 0 Å². The standard InChI is InChI=1S/C17H24NO/c1-2-3-4-5-6-9-14-19-18-13-12-16-10-7-8-11-17(16)15-18/h7-8,10-13,15H,2-6,9,14H2,1H3/q+1. The van der Waals surface area contributed by atoms with Crippen LogP contribution >= 0.6 is 0 Å². The third-order valence-electron chi connectivity index (χ3n) is 3.40. The quantitative estimate of drug-likeness (QED) is 0.517. The number of pyridine rings is 1. The zero-order valence-electron chi connectivity index (χ0n) is 11.8. The summed E-state index contributed by atoms with van der Waals surface area (Å²) in [5, 5.41) is 2.47. The van der Waals surface area contributed by atoms with Crippen molar-refractivity contribution in [3.63, 3.8) is 0 Å². The van der Waals surface area contributed by atoms with Crippen LogP contribution in [0.4, 0.5) is 0 Å². The Bertz CT molecular complexity index is 495.